The van der Waals surface area contributed by atoms with E-state index in [9.17, 15) is 14.4 Å². The summed E-state index contributed by atoms with van der Waals surface area (Å²) in [6.07, 6.45) is 13.2. The molecular weight excluding hydrogens is 594 g/mol. The lowest BCUT2D eigenvalue weighted by atomic mass is 9.77. The highest BCUT2D eigenvalue weighted by molar-refractivity contribution is 5.94. The fourth-order valence-electron chi connectivity index (χ4n) is 5.87. The molecule has 1 aliphatic carbocycles. The van der Waals surface area contributed by atoms with Gasteiger partial charge in [-0.25, -0.2) is 14.4 Å². The number of ether oxygens (including phenoxy) is 4. The minimum Gasteiger partial charge on any atom is -0.494 e. The molecule has 4 rings (SSSR count). The Labute approximate surface area is 277 Å². The molecule has 0 radical (unpaired) electrons. The molecule has 3 aromatic rings. The van der Waals surface area contributed by atoms with Crippen LogP contribution in [0, 0.1) is 11.3 Å². The van der Waals surface area contributed by atoms with Crippen molar-refractivity contribution in [2.24, 2.45) is 5.92 Å². The minimum atomic E-state index is -0.552. The average molecular weight is 640 g/mol. The van der Waals surface area contributed by atoms with E-state index in [1.165, 1.54) is 37.5 Å². The van der Waals surface area contributed by atoms with Gasteiger partial charge in [-0.05, 0) is 129 Å². The molecular formula is C39H45NO7. The summed E-state index contributed by atoms with van der Waals surface area (Å²) in [4.78, 5) is 36.6. The zero-order chi connectivity index (χ0) is 33.4. The summed E-state index contributed by atoms with van der Waals surface area (Å²) in [5.41, 5.74) is 2.44. The molecule has 8 nitrogen and oxygen atoms in total. The summed E-state index contributed by atoms with van der Waals surface area (Å²) in [5.74, 6) is 1.11. The van der Waals surface area contributed by atoms with Crippen molar-refractivity contribution in [3.8, 4) is 17.2 Å². The van der Waals surface area contributed by atoms with Gasteiger partial charge in [-0.1, -0.05) is 32.4 Å². The number of esters is 3. The Morgan fingerprint density at radius 2 is 1.40 bits per heavy atom. The molecule has 1 aliphatic rings. The van der Waals surface area contributed by atoms with Gasteiger partial charge in [0.2, 0.25) is 0 Å². The first kappa shape index (κ1) is 35.1. The topological polar surface area (TPSA) is 112 Å². The van der Waals surface area contributed by atoms with Crippen molar-refractivity contribution in [3.63, 3.8) is 0 Å². The largest absolute Gasteiger partial charge is 0.494 e. The van der Waals surface area contributed by atoms with Crippen LogP contribution in [0.1, 0.15) is 109 Å². The standard InChI is InChI=1S/C39H45NO7/c1-3-9-28-10-12-29(13-11-28)32-18-23-36(33(26-32)27-40)47-39(43)31-16-21-35(22-17-31)46-38(42)30-14-19-34(20-15-30)44-24-7-5-6-8-25-45-37(41)4-2/h4,14-23,26-29,40H,2-3,5-13,24-25H2,1H3. The molecule has 8 heteroatoms. The van der Waals surface area contributed by atoms with Gasteiger partial charge in [-0.15, -0.1) is 0 Å². The average Bonchev–Trinajstić information content (AvgIpc) is 3.10. The SMILES string of the molecule is C=CC(=O)OCCCCCCOc1ccc(C(=O)Oc2ccc(C(=O)Oc3ccc(C4CCC(CCC)CC4)cc3C=N)cc2)cc1. The van der Waals surface area contributed by atoms with Crippen LogP contribution in [0.25, 0.3) is 0 Å². The second-order valence-corrected chi connectivity index (χ2v) is 11.9. The molecule has 0 aliphatic heterocycles. The van der Waals surface area contributed by atoms with Crippen LogP contribution in [0.4, 0.5) is 0 Å². The first-order valence-electron chi connectivity index (χ1n) is 16.6. The zero-order valence-electron chi connectivity index (χ0n) is 27.2. The third-order valence-electron chi connectivity index (χ3n) is 8.52. The van der Waals surface area contributed by atoms with E-state index in [0.717, 1.165) is 50.5 Å². The lowest BCUT2D eigenvalue weighted by Gasteiger charge is -2.29. The molecule has 1 fully saturated rings. The van der Waals surface area contributed by atoms with Gasteiger partial charge in [0.25, 0.3) is 0 Å². The molecule has 47 heavy (non-hydrogen) atoms. The minimum absolute atomic E-state index is 0.296. The summed E-state index contributed by atoms with van der Waals surface area (Å²) in [7, 11) is 0. The molecule has 248 valence electrons. The Kier molecular flexibility index (Phi) is 13.8. The lowest BCUT2D eigenvalue weighted by Crippen LogP contribution is -2.14. The van der Waals surface area contributed by atoms with Crippen molar-refractivity contribution in [1.82, 2.24) is 0 Å². The van der Waals surface area contributed by atoms with Gasteiger partial charge in [0, 0.05) is 17.9 Å². The van der Waals surface area contributed by atoms with Gasteiger partial charge in [0.15, 0.2) is 0 Å². The molecule has 0 heterocycles. The third kappa shape index (κ3) is 10.9. The molecule has 0 amide bonds. The summed E-state index contributed by atoms with van der Waals surface area (Å²) in [6, 6.07) is 18.7. The van der Waals surface area contributed by atoms with Crippen LogP contribution in [0.5, 0.6) is 17.2 Å². The molecule has 1 N–H and O–H groups in total. The van der Waals surface area contributed by atoms with Crippen molar-refractivity contribution >= 4 is 24.1 Å². The maximum absolute atomic E-state index is 12.9. The fourth-order valence-corrected chi connectivity index (χ4v) is 5.87. The predicted octanol–water partition coefficient (Wildman–Crippen LogP) is 8.86. The van der Waals surface area contributed by atoms with Crippen molar-refractivity contribution in [2.75, 3.05) is 13.2 Å². The van der Waals surface area contributed by atoms with Crippen LogP contribution in [0.3, 0.4) is 0 Å². The monoisotopic (exact) mass is 639 g/mol. The van der Waals surface area contributed by atoms with Crippen molar-refractivity contribution in [1.29, 1.82) is 5.41 Å². The van der Waals surface area contributed by atoms with E-state index in [1.54, 1.807) is 54.6 Å². The number of carbonyl (C=O) groups is 3. The normalized spacial score (nSPS) is 15.7. The highest BCUT2D eigenvalue weighted by Crippen LogP contribution is 2.38. The molecule has 0 spiro atoms. The van der Waals surface area contributed by atoms with E-state index >= 15 is 0 Å². The van der Waals surface area contributed by atoms with Crippen molar-refractivity contribution in [2.45, 2.75) is 77.0 Å². The van der Waals surface area contributed by atoms with E-state index in [4.69, 9.17) is 24.4 Å². The summed E-state index contributed by atoms with van der Waals surface area (Å²) in [5, 5.41) is 7.90. The summed E-state index contributed by atoms with van der Waals surface area (Å²) >= 11 is 0. The van der Waals surface area contributed by atoms with Gasteiger partial charge in [-0.2, -0.15) is 0 Å². The molecule has 1 saturated carbocycles. The Hall–Kier alpha value is -4.72. The van der Waals surface area contributed by atoms with Gasteiger partial charge >= 0.3 is 17.9 Å². The van der Waals surface area contributed by atoms with Gasteiger partial charge in [0.1, 0.15) is 17.2 Å². The Morgan fingerprint density at radius 1 is 0.787 bits per heavy atom. The number of benzene rings is 3. The fraction of sp³-hybridized carbons (Fsp3) is 0.385. The van der Waals surface area contributed by atoms with Crippen LogP contribution in [-0.2, 0) is 9.53 Å². The summed E-state index contributed by atoms with van der Waals surface area (Å²) in [6.45, 7) is 6.54. The molecule has 0 bridgehead atoms. The Balaban J connectivity index is 1.21. The second-order valence-electron chi connectivity index (χ2n) is 11.9. The van der Waals surface area contributed by atoms with Crippen LogP contribution < -0.4 is 14.2 Å². The number of carbonyl (C=O) groups excluding carboxylic acids is 3. The van der Waals surface area contributed by atoms with Gasteiger partial charge in [-0.3, -0.25) is 0 Å². The van der Waals surface area contributed by atoms with E-state index in [-0.39, 0.29) is 0 Å². The van der Waals surface area contributed by atoms with Crippen molar-refractivity contribution in [3.05, 3.63) is 102 Å². The first-order valence-corrected chi connectivity index (χ1v) is 16.6. The zero-order valence-corrected chi connectivity index (χ0v) is 27.2. The molecule has 0 aromatic heterocycles. The number of unbranched alkanes of at least 4 members (excludes halogenated alkanes) is 3. The van der Waals surface area contributed by atoms with E-state index in [0.29, 0.717) is 53.1 Å². The van der Waals surface area contributed by atoms with Crippen LogP contribution in [-0.4, -0.2) is 37.3 Å². The summed E-state index contributed by atoms with van der Waals surface area (Å²) < 4.78 is 21.8. The first-order chi connectivity index (χ1) is 22.9. The molecule has 3 aromatic carbocycles. The van der Waals surface area contributed by atoms with Gasteiger partial charge in [0.05, 0.1) is 24.3 Å². The molecule has 0 atom stereocenters. The van der Waals surface area contributed by atoms with E-state index in [2.05, 4.69) is 13.5 Å². The molecule has 0 unspecified atom stereocenters. The Morgan fingerprint density at radius 3 is 2.02 bits per heavy atom. The lowest BCUT2D eigenvalue weighted by molar-refractivity contribution is -0.137. The highest BCUT2D eigenvalue weighted by atomic mass is 16.5. The van der Waals surface area contributed by atoms with E-state index < -0.39 is 17.9 Å². The number of hydrogen-bond donors (Lipinski definition) is 1. The quantitative estimate of drug-likeness (QED) is 0.0516. The predicted molar refractivity (Wildman–Crippen MR) is 182 cm³/mol. The smallest absolute Gasteiger partial charge is 0.343 e. The van der Waals surface area contributed by atoms with E-state index in [1.807, 2.05) is 12.1 Å². The van der Waals surface area contributed by atoms with Crippen molar-refractivity contribution < 1.29 is 33.3 Å². The second kappa shape index (κ2) is 18.4. The van der Waals surface area contributed by atoms with Crippen LogP contribution >= 0.6 is 0 Å². The highest BCUT2D eigenvalue weighted by Gasteiger charge is 2.23. The maximum atomic E-state index is 12.9. The van der Waals surface area contributed by atoms with Crippen LogP contribution in [0.15, 0.2) is 79.4 Å². The number of hydrogen-bond acceptors (Lipinski definition) is 8. The molecule has 0 saturated heterocycles. The number of rotatable bonds is 17. The maximum Gasteiger partial charge on any atom is 0.343 e. The van der Waals surface area contributed by atoms with Gasteiger partial charge < -0.3 is 24.4 Å². The Bertz CT molecular complexity index is 1490. The third-order valence-corrected chi connectivity index (χ3v) is 8.52. The number of nitrogens with one attached hydrogen (secondary N) is 1. The van der Waals surface area contributed by atoms with Crippen LogP contribution in [0.2, 0.25) is 0 Å².